The number of fused-ring (bicyclic) bond motifs is 1. The van der Waals surface area contributed by atoms with Crippen molar-refractivity contribution in [2.45, 2.75) is 12.3 Å². The molecule has 0 N–H and O–H groups in total. The molecule has 0 bridgehead atoms. The number of benzene rings is 1. The van der Waals surface area contributed by atoms with Gasteiger partial charge in [-0.25, -0.2) is 13.2 Å². The van der Waals surface area contributed by atoms with E-state index in [1.807, 2.05) is 0 Å². The van der Waals surface area contributed by atoms with E-state index in [0.717, 1.165) is 4.57 Å². The molecular weight excluding hydrogens is 448 g/mol. The molecule has 31 heavy (non-hydrogen) atoms. The standard InChI is InChI=1S/C18H17ClN6O5S/c1-23-14-13(16(26)24(2)18(23)27)25(17(19)20-14)8-12-21-22-15(30-12)11-6-4-10(5-7-11)9-31(3,28)29/h4-7H,8-9H2,1-3H3. The number of aryl methyl sites for hydroxylation is 1. The zero-order valence-corrected chi connectivity index (χ0v) is 18.3. The summed E-state index contributed by atoms with van der Waals surface area (Å²) < 4.78 is 32.1. The Bertz CT molecular complexity index is 1530. The van der Waals surface area contributed by atoms with Crippen LogP contribution in [0.4, 0.5) is 0 Å². The minimum atomic E-state index is -3.14. The summed E-state index contributed by atoms with van der Waals surface area (Å²) in [4.78, 5) is 28.8. The molecule has 4 aromatic rings. The monoisotopic (exact) mass is 464 g/mol. The average Bonchev–Trinajstić information content (AvgIpc) is 3.30. The molecule has 0 saturated carbocycles. The third kappa shape index (κ3) is 3.91. The van der Waals surface area contributed by atoms with Crippen molar-refractivity contribution in [3.05, 3.63) is 61.8 Å². The summed E-state index contributed by atoms with van der Waals surface area (Å²) in [7, 11) is -0.271. The van der Waals surface area contributed by atoms with Gasteiger partial charge in [0, 0.05) is 25.9 Å². The highest BCUT2D eigenvalue weighted by Gasteiger charge is 2.20. The van der Waals surface area contributed by atoms with Crippen LogP contribution < -0.4 is 11.2 Å². The van der Waals surface area contributed by atoms with Crippen molar-refractivity contribution >= 4 is 32.6 Å². The first-order valence-corrected chi connectivity index (χ1v) is 11.4. The first-order valence-electron chi connectivity index (χ1n) is 8.96. The minimum Gasteiger partial charge on any atom is -0.419 e. The molecule has 162 valence electrons. The number of halogens is 1. The molecule has 3 aromatic heterocycles. The Morgan fingerprint density at radius 2 is 1.74 bits per heavy atom. The molecule has 0 saturated heterocycles. The third-order valence-electron chi connectivity index (χ3n) is 4.69. The van der Waals surface area contributed by atoms with Gasteiger partial charge in [-0.1, -0.05) is 12.1 Å². The molecule has 13 heteroatoms. The average molecular weight is 465 g/mol. The fraction of sp³-hybridized carbons (Fsp3) is 0.278. The smallest absolute Gasteiger partial charge is 0.332 e. The summed E-state index contributed by atoms with van der Waals surface area (Å²) >= 11 is 6.21. The molecule has 0 aliphatic carbocycles. The van der Waals surface area contributed by atoms with Crippen molar-refractivity contribution in [2.75, 3.05) is 6.26 Å². The molecule has 0 aliphatic heterocycles. The summed E-state index contributed by atoms with van der Waals surface area (Å²) in [6.07, 6.45) is 1.17. The molecule has 0 atom stereocenters. The van der Waals surface area contributed by atoms with E-state index in [4.69, 9.17) is 16.0 Å². The largest absolute Gasteiger partial charge is 0.419 e. The maximum atomic E-state index is 12.6. The van der Waals surface area contributed by atoms with Crippen LogP contribution in [-0.4, -0.2) is 43.6 Å². The van der Waals surface area contributed by atoms with Gasteiger partial charge in [0.2, 0.25) is 17.1 Å². The van der Waals surface area contributed by atoms with Crippen LogP contribution >= 0.6 is 11.6 Å². The van der Waals surface area contributed by atoms with Gasteiger partial charge in [0.05, 0.1) is 5.75 Å². The Hall–Kier alpha value is -3.25. The Balaban J connectivity index is 1.67. The Kier molecular flexibility index (Phi) is 5.06. The van der Waals surface area contributed by atoms with Crippen LogP contribution in [0.15, 0.2) is 38.3 Å². The lowest BCUT2D eigenvalue weighted by Crippen LogP contribution is -2.37. The fourth-order valence-electron chi connectivity index (χ4n) is 3.18. The van der Waals surface area contributed by atoms with Gasteiger partial charge in [-0.05, 0) is 29.3 Å². The predicted octanol–water partition coefficient (Wildman–Crippen LogP) is 0.730. The Labute approximate surface area is 180 Å². The Morgan fingerprint density at radius 1 is 1.06 bits per heavy atom. The van der Waals surface area contributed by atoms with E-state index in [0.29, 0.717) is 11.1 Å². The number of hydrogen-bond acceptors (Lipinski definition) is 8. The zero-order chi connectivity index (χ0) is 22.5. The van der Waals surface area contributed by atoms with Crippen molar-refractivity contribution in [3.8, 4) is 11.5 Å². The normalized spacial score (nSPS) is 12.0. The van der Waals surface area contributed by atoms with E-state index in [1.165, 1.54) is 29.5 Å². The van der Waals surface area contributed by atoms with Crippen molar-refractivity contribution in [1.29, 1.82) is 0 Å². The topological polar surface area (TPSA) is 135 Å². The zero-order valence-electron chi connectivity index (χ0n) is 16.7. The van der Waals surface area contributed by atoms with Gasteiger partial charge >= 0.3 is 5.69 Å². The highest BCUT2D eigenvalue weighted by molar-refractivity contribution is 7.89. The van der Waals surface area contributed by atoms with Gasteiger partial charge < -0.3 is 4.42 Å². The molecular formula is C18H17ClN6O5S. The molecule has 0 fully saturated rings. The van der Waals surface area contributed by atoms with Crippen LogP contribution in [0.25, 0.3) is 22.6 Å². The van der Waals surface area contributed by atoms with Crippen LogP contribution in [0.2, 0.25) is 5.28 Å². The fourth-order valence-corrected chi connectivity index (χ4v) is 4.20. The number of nitrogens with zero attached hydrogens (tertiary/aromatic N) is 6. The number of hydrogen-bond donors (Lipinski definition) is 0. The second-order valence-electron chi connectivity index (χ2n) is 7.11. The maximum Gasteiger partial charge on any atom is 0.332 e. The second-order valence-corrected chi connectivity index (χ2v) is 9.59. The van der Waals surface area contributed by atoms with E-state index in [9.17, 15) is 18.0 Å². The quantitative estimate of drug-likeness (QED) is 0.394. The van der Waals surface area contributed by atoms with Crippen LogP contribution in [0.5, 0.6) is 0 Å². The number of imidazole rings is 1. The van der Waals surface area contributed by atoms with Gasteiger partial charge in [-0.2, -0.15) is 4.98 Å². The molecule has 11 nitrogen and oxygen atoms in total. The van der Waals surface area contributed by atoms with Crippen LogP contribution in [0.1, 0.15) is 11.5 Å². The lowest BCUT2D eigenvalue weighted by molar-refractivity contribution is 0.491. The van der Waals surface area contributed by atoms with Crippen molar-refractivity contribution in [1.82, 2.24) is 28.9 Å². The van der Waals surface area contributed by atoms with Crippen LogP contribution in [0, 0.1) is 0 Å². The number of aromatic nitrogens is 6. The summed E-state index contributed by atoms with van der Waals surface area (Å²) in [5, 5.41) is 7.99. The van der Waals surface area contributed by atoms with E-state index in [1.54, 1.807) is 24.3 Å². The molecule has 0 spiro atoms. The van der Waals surface area contributed by atoms with Gasteiger partial charge in [0.1, 0.15) is 6.54 Å². The number of sulfone groups is 1. The molecule has 4 rings (SSSR count). The highest BCUT2D eigenvalue weighted by Crippen LogP contribution is 2.22. The second kappa shape index (κ2) is 7.46. The van der Waals surface area contributed by atoms with Gasteiger partial charge in [0.25, 0.3) is 5.56 Å². The van der Waals surface area contributed by atoms with E-state index >= 15 is 0 Å². The van der Waals surface area contributed by atoms with Gasteiger partial charge in [0.15, 0.2) is 21.0 Å². The summed E-state index contributed by atoms with van der Waals surface area (Å²) in [6.45, 7) is -0.0259. The first-order chi connectivity index (χ1) is 14.5. The highest BCUT2D eigenvalue weighted by atomic mass is 35.5. The first kappa shape index (κ1) is 21.0. The summed E-state index contributed by atoms with van der Waals surface area (Å²) in [6, 6.07) is 6.71. The third-order valence-corrected chi connectivity index (χ3v) is 5.84. The predicted molar refractivity (Wildman–Crippen MR) is 113 cm³/mol. The van der Waals surface area contributed by atoms with Crippen molar-refractivity contribution in [2.24, 2.45) is 14.1 Å². The van der Waals surface area contributed by atoms with E-state index < -0.39 is 21.1 Å². The molecule has 0 aliphatic rings. The molecule has 0 amide bonds. The van der Waals surface area contributed by atoms with Crippen LogP contribution in [-0.2, 0) is 36.2 Å². The molecule has 0 radical (unpaired) electrons. The maximum absolute atomic E-state index is 12.6. The summed E-state index contributed by atoms with van der Waals surface area (Å²) in [5.41, 5.74) is 0.482. The summed E-state index contributed by atoms with van der Waals surface area (Å²) in [5.74, 6) is 0.334. The van der Waals surface area contributed by atoms with Crippen molar-refractivity contribution < 1.29 is 12.8 Å². The lowest BCUT2D eigenvalue weighted by atomic mass is 10.1. The lowest BCUT2D eigenvalue weighted by Gasteiger charge is -2.05. The van der Waals surface area contributed by atoms with E-state index in [2.05, 4.69) is 15.2 Å². The SMILES string of the molecule is Cn1c(=O)c2c(nc(Cl)n2Cc2nnc(-c3ccc(CS(C)(=O)=O)cc3)o2)n(C)c1=O. The van der Waals surface area contributed by atoms with Gasteiger partial charge in [-0.3, -0.25) is 18.5 Å². The van der Waals surface area contributed by atoms with Gasteiger partial charge in [-0.15, -0.1) is 10.2 Å². The minimum absolute atomic E-state index is 0.00169. The van der Waals surface area contributed by atoms with Crippen LogP contribution in [0.3, 0.4) is 0 Å². The van der Waals surface area contributed by atoms with E-state index in [-0.39, 0.29) is 40.5 Å². The molecule has 1 aromatic carbocycles. The van der Waals surface area contributed by atoms with Crippen molar-refractivity contribution in [3.63, 3.8) is 0 Å². The number of rotatable bonds is 5. The Morgan fingerprint density at radius 3 is 2.39 bits per heavy atom. The molecule has 0 unspecified atom stereocenters. The molecule has 3 heterocycles.